The number of hydrogen-bond acceptors (Lipinski definition) is 10. The number of carbonyl (C=O) groups excluding carboxylic acids is 3. The van der Waals surface area contributed by atoms with Crippen molar-refractivity contribution in [3.63, 3.8) is 0 Å². The summed E-state index contributed by atoms with van der Waals surface area (Å²) in [5, 5.41) is 21.2. The average molecular weight is 739 g/mol. The van der Waals surface area contributed by atoms with E-state index in [1.807, 2.05) is 32.3 Å². The molecule has 0 radical (unpaired) electrons. The van der Waals surface area contributed by atoms with Crippen LogP contribution in [0.4, 0.5) is 5.82 Å². The number of allylic oxidation sites excluding steroid dienone is 3. The lowest BCUT2D eigenvalue weighted by Gasteiger charge is -2.42. The first-order valence-electron chi connectivity index (χ1n) is 20.2. The van der Waals surface area contributed by atoms with Crippen LogP contribution in [-0.2, 0) is 33.5 Å². The van der Waals surface area contributed by atoms with Crippen LogP contribution < -0.4 is 16.0 Å². The molecular weight excluding hydrogens is 681 g/mol. The molecule has 2 aliphatic heterocycles. The van der Waals surface area contributed by atoms with Gasteiger partial charge < -0.3 is 30.5 Å². The summed E-state index contributed by atoms with van der Waals surface area (Å²) in [5.41, 5.74) is 1.28. The number of benzene rings is 1. The van der Waals surface area contributed by atoms with Crippen LogP contribution >= 0.6 is 0 Å². The molecular formula is C44H58N4O6. The molecule has 10 heteroatoms. The number of aliphatic hydroxyl groups excluding tert-OH is 1. The number of fused-ring (bicyclic) bond motifs is 4. The molecule has 0 amide bonds. The lowest BCUT2D eigenvalue weighted by molar-refractivity contribution is -0.150. The zero-order chi connectivity index (χ0) is 38.2. The highest BCUT2D eigenvalue weighted by Crippen LogP contribution is 2.60. The summed E-state index contributed by atoms with van der Waals surface area (Å²) in [6, 6.07) is 7.56. The first-order valence-corrected chi connectivity index (χ1v) is 20.2. The van der Waals surface area contributed by atoms with Gasteiger partial charge in [-0.15, -0.1) is 0 Å². The van der Waals surface area contributed by atoms with Gasteiger partial charge in [-0.2, -0.15) is 0 Å². The molecule has 0 bridgehead atoms. The summed E-state index contributed by atoms with van der Waals surface area (Å²) in [6.07, 6.45) is 14.4. The van der Waals surface area contributed by atoms with Gasteiger partial charge in [-0.25, -0.2) is 9.78 Å². The number of nitrogens with zero attached hydrogens (tertiary/aromatic N) is 1. The van der Waals surface area contributed by atoms with Crippen LogP contribution in [0.5, 0.6) is 0 Å². The quantitative estimate of drug-likeness (QED) is 0.0800. The van der Waals surface area contributed by atoms with Gasteiger partial charge in [-0.1, -0.05) is 56.7 Å². The highest BCUT2D eigenvalue weighted by molar-refractivity contribution is 6.33. The number of ether oxygens (including phenoxy) is 2. The molecule has 5 aliphatic rings. The number of pyridine rings is 1. The molecule has 2 fully saturated rings. The predicted octanol–water partition coefficient (Wildman–Crippen LogP) is 5.92. The molecule has 2 aromatic rings. The fourth-order valence-corrected chi connectivity index (χ4v) is 9.86. The molecule has 0 unspecified atom stereocenters. The van der Waals surface area contributed by atoms with E-state index in [-0.39, 0.29) is 54.8 Å². The molecule has 1 saturated heterocycles. The number of Topliss-reactive ketones (excluding diaryl/α,β-unsaturated/α-hetero) is 2. The van der Waals surface area contributed by atoms with Gasteiger partial charge in [-0.05, 0) is 124 Å². The van der Waals surface area contributed by atoms with Gasteiger partial charge in [0.25, 0.3) is 5.60 Å². The van der Waals surface area contributed by atoms with Gasteiger partial charge >= 0.3 is 5.97 Å². The average Bonchev–Trinajstić information content (AvgIpc) is 3.88. The van der Waals surface area contributed by atoms with Crippen LogP contribution in [0.1, 0.15) is 110 Å². The zero-order valence-electron chi connectivity index (χ0n) is 32.6. The number of carbonyl (C=O) groups is 3. The van der Waals surface area contributed by atoms with E-state index in [9.17, 15) is 19.5 Å². The monoisotopic (exact) mass is 738 g/mol. The van der Waals surface area contributed by atoms with Crippen LogP contribution in [0.3, 0.4) is 0 Å². The van der Waals surface area contributed by atoms with Gasteiger partial charge in [0.2, 0.25) is 5.78 Å². The standard InChI is InChI=1S/C44H58N4O6/c1-6-46-36-22-30-11-8-7-10-29(30)21-32(36)25-53-42(52)44-40(51)38-31(20-26(2)3)12-9-13-35(38)39(50)43(44,54-44)23-33(24-49)27(4)14-15-28-18-19-47-41-34(28)16-17-37(45-5)48-41/h8-9,11-13,18-19,26,29-30,32,36-37,45-46,49H,6-7,10,14-17,20-25H2,1-5H3,(H,47,48)/b33-27-/t29-,30+,32+,36-,37+,43-,44-/m0/s1. The summed E-state index contributed by atoms with van der Waals surface area (Å²) in [7, 11) is 1.93. The van der Waals surface area contributed by atoms with Crippen LogP contribution in [0.25, 0.3) is 0 Å². The van der Waals surface area contributed by atoms with E-state index in [0.29, 0.717) is 36.7 Å². The lowest BCUT2D eigenvalue weighted by atomic mass is 9.68. The minimum Gasteiger partial charge on any atom is -0.463 e. The van der Waals surface area contributed by atoms with Gasteiger partial charge in [0.15, 0.2) is 11.4 Å². The molecule has 54 heavy (non-hydrogen) atoms. The summed E-state index contributed by atoms with van der Waals surface area (Å²) in [6.45, 7) is 8.79. The number of epoxide rings is 1. The van der Waals surface area contributed by atoms with E-state index in [0.717, 1.165) is 62.0 Å². The molecule has 4 N–H and O–H groups in total. The molecule has 3 aliphatic carbocycles. The van der Waals surface area contributed by atoms with E-state index in [4.69, 9.17) is 9.47 Å². The van der Waals surface area contributed by atoms with Crippen LogP contribution in [0.2, 0.25) is 0 Å². The Labute approximate surface area is 319 Å². The summed E-state index contributed by atoms with van der Waals surface area (Å²) in [4.78, 5) is 48.6. The Morgan fingerprint density at radius 3 is 2.74 bits per heavy atom. The third kappa shape index (κ3) is 6.88. The van der Waals surface area contributed by atoms with E-state index in [1.165, 1.54) is 11.1 Å². The Bertz CT molecular complexity index is 1840. The van der Waals surface area contributed by atoms with Crippen molar-refractivity contribution in [2.75, 3.05) is 32.1 Å². The van der Waals surface area contributed by atoms with Gasteiger partial charge in [0.1, 0.15) is 5.82 Å². The summed E-state index contributed by atoms with van der Waals surface area (Å²) in [5.74, 6) is 0.540. The van der Waals surface area contributed by atoms with Crippen molar-refractivity contribution in [3.05, 3.63) is 81.6 Å². The Balaban J connectivity index is 1.17. The number of nitrogens with one attached hydrogen (secondary N) is 3. The number of esters is 1. The maximum atomic E-state index is 14.8. The summed E-state index contributed by atoms with van der Waals surface area (Å²) >= 11 is 0. The van der Waals surface area contributed by atoms with Crippen molar-refractivity contribution in [3.8, 4) is 0 Å². The molecule has 1 aromatic carbocycles. The van der Waals surface area contributed by atoms with E-state index in [1.54, 1.807) is 12.1 Å². The van der Waals surface area contributed by atoms with Crippen LogP contribution in [0, 0.1) is 23.7 Å². The van der Waals surface area contributed by atoms with E-state index in [2.05, 4.69) is 53.9 Å². The minimum absolute atomic E-state index is 0.0672. The number of rotatable bonds is 14. The SMILES string of the molecule is CCN[C@H]1C[C@H]2C=CCC[C@H]2C[C@@H]1COC(=O)[C@]12O[C@@]1(C/C(CO)=C(\C)CCc1ccnc3c1CC[C@H](NC)N3)C(=O)c1cccc(CC(C)C)c1C2=O. The second-order valence-corrected chi connectivity index (χ2v) is 16.7. The maximum Gasteiger partial charge on any atom is 0.350 e. The molecule has 0 spiro atoms. The van der Waals surface area contributed by atoms with Crippen molar-refractivity contribution >= 4 is 23.4 Å². The van der Waals surface area contributed by atoms with Crippen molar-refractivity contribution in [2.45, 2.75) is 115 Å². The van der Waals surface area contributed by atoms with Crippen molar-refractivity contribution in [2.24, 2.45) is 23.7 Å². The lowest BCUT2D eigenvalue weighted by Crippen LogP contribution is -2.52. The largest absolute Gasteiger partial charge is 0.463 e. The molecule has 3 heterocycles. The number of anilines is 1. The second-order valence-electron chi connectivity index (χ2n) is 16.7. The molecule has 10 nitrogen and oxygen atoms in total. The third-order valence-electron chi connectivity index (χ3n) is 12.9. The van der Waals surface area contributed by atoms with Gasteiger partial charge in [0, 0.05) is 35.7 Å². The first-order chi connectivity index (χ1) is 26.1. The van der Waals surface area contributed by atoms with E-state index >= 15 is 0 Å². The Hall–Kier alpha value is -3.70. The van der Waals surface area contributed by atoms with E-state index < -0.39 is 28.7 Å². The number of hydrogen-bond donors (Lipinski definition) is 4. The molecule has 1 aromatic heterocycles. The molecule has 7 atom stereocenters. The third-order valence-corrected chi connectivity index (χ3v) is 12.9. The van der Waals surface area contributed by atoms with Gasteiger partial charge in [-0.3, -0.25) is 9.59 Å². The topological polar surface area (TPSA) is 142 Å². The Morgan fingerprint density at radius 1 is 1.15 bits per heavy atom. The predicted molar refractivity (Wildman–Crippen MR) is 208 cm³/mol. The zero-order valence-corrected chi connectivity index (χ0v) is 32.6. The molecule has 290 valence electrons. The summed E-state index contributed by atoms with van der Waals surface area (Å²) < 4.78 is 12.5. The Morgan fingerprint density at radius 2 is 1.98 bits per heavy atom. The molecule has 7 rings (SSSR count). The maximum absolute atomic E-state index is 14.8. The Kier molecular flexibility index (Phi) is 11.3. The normalized spacial score (nSPS) is 30.1. The number of ketones is 2. The fourth-order valence-electron chi connectivity index (χ4n) is 9.86. The number of aliphatic hydroxyl groups is 1. The van der Waals surface area contributed by atoms with Crippen LogP contribution in [0.15, 0.2) is 53.8 Å². The van der Waals surface area contributed by atoms with Crippen LogP contribution in [-0.4, -0.2) is 77.8 Å². The van der Waals surface area contributed by atoms with Crippen molar-refractivity contribution in [1.29, 1.82) is 0 Å². The number of aromatic nitrogens is 1. The highest BCUT2D eigenvalue weighted by atomic mass is 16.7. The highest BCUT2D eigenvalue weighted by Gasteiger charge is 2.85. The smallest absolute Gasteiger partial charge is 0.350 e. The van der Waals surface area contributed by atoms with Crippen molar-refractivity contribution in [1.82, 2.24) is 15.6 Å². The number of aryl methyl sites for hydroxylation is 1. The second kappa shape index (κ2) is 15.8. The van der Waals surface area contributed by atoms with Gasteiger partial charge in [0.05, 0.1) is 19.4 Å². The fraction of sp³-hybridized carbons (Fsp3) is 0.591. The first kappa shape index (κ1) is 38.6. The molecule has 1 saturated carbocycles. The minimum atomic E-state index is -2.09. The van der Waals surface area contributed by atoms with Crippen molar-refractivity contribution < 1.29 is 29.0 Å².